The van der Waals surface area contributed by atoms with Crippen LogP contribution in [0.2, 0.25) is 0 Å². The van der Waals surface area contributed by atoms with Crippen molar-refractivity contribution < 1.29 is 14.1 Å². The summed E-state index contributed by atoms with van der Waals surface area (Å²) in [6.45, 7) is 0. The van der Waals surface area contributed by atoms with Crippen molar-refractivity contribution in [1.29, 1.82) is 0 Å². The molecule has 124 valence electrons. The molecule has 3 aromatic rings. The number of nitrogens with zero attached hydrogens (tertiary/aromatic N) is 2. The molecule has 0 bridgehead atoms. The van der Waals surface area contributed by atoms with Gasteiger partial charge in [0.1, 0.15) is 11.6 Å². The summed E-state index contributed by atoms with van der Waals surface area (Å²) in [6.07, 6.45) is 0. The van der Waals surface area contributed by atoms with E-state index >= 15 is 0 Å². The van der Waals surface area contributed by atoms with E-state index < -0.39 is 10.7 Å². The van der Waals surface area contributed by atoms with Crippen molar-refractivity contribution in [2.75, 3.05) is 0 Å². The fraction of sp³-hybridized carbons (Fsp3) is 0. The molecule has 0 saturated heterocycles. The zero-order valence-corrected chi connectivity index (χ0v) is 13.0. The van der Waals surface area contributed by atoms with E-state index in [0.717, 1.165) is 0 Å². The predicted molar refractivity (Wildman–Crippen MR) is 92.8 cm³/mol. The van der Waals surface area contributed by atoms with E-state index in [0.29, 0.717) is 17.0 Å². The van der Waals surface area contributed by atoms with Gasteiger partial charge in [-0.1, -0.05) is 24.3 Å². The number of halogens is 1. The monoisotopic (exact) mass is 336 g/mol. The number of rotatable bonds is 4. The Balaban J connectivity index is 1.95. The van der Waals surface area contributed by atoms with E-state index in [-0.39, 0.29) is 11.6 Å². The van der Waals surface area contributed by atoms with Gasteiger partial charge in [0.05, 0.1) is 10.6 Å². The molecule has 0 radical (unpaired) electrons. The zero-order chi connectivity index (χ0) is 17.6. The summed E-state index contributed by atoms with van der Waals surface area (Å²) >= 11 is 0. The second-order valence-corrected chi connectivity index (χ2v) is 5.12. The molecule has 0 aliphatic heterocycles. The molecule has 0 atom stereocenters. The first kappa shape index (κ1) is 16.3. The lowest BCUT2D eigenvalue weighted by molar-refractivity contribution is -0.384. The zero-order valence-electron chi connectivity index (χ0n) is 13.0. The van der Waals surface area contributed by atoms with Crippen LogP contribution in [-0.2, 0) is 0 Å². The molecule has 0 aromatic heterocycles. The molecule has 25 heavy (non-hydrogen) atoms. The Morgan fingerprint density at radius 2 is 1.68 bits per heavy atom. The van der Waals surface area contributed by atoms with Gasteiger partial charge in [-0.05, 0) is 42.5 Å². The number of ether oxygens (including phenoxy) is 1. The van der Waals surface area contributed by atoms with E-state index in [1.807, 2.05) is 30.3 Å². The molecular weight excluding hydrogens is 323 g/mol. The van der Waals surface area contributed by atoms with E-state index in [4.69, 9.17) is 4.74 Å². The second kappa shape index (κ2) is 7.35. The molecule has 5 nitrogen and oxygen atoms in total. The van der Waals surface area contributed by atoms with Crippen LogP contribution in [0.15, 0.2) is 83.9 Å². The number of hydrogen-bond acceptors (Lipinski definition) is 4. The Morgan fingerprint density at radius 1 is 0.960 bits per heavy atom. The Morgan fingerprint density at radius 3 is 2.32 bits per heavy atom. The molecule has 6 heteroatoms. The normalized spacial score (nSPS) is 11.2. The van der Waals surface area contributed by atoms with Crippen molar-refractivity contribution in [2.45, 2.75) is 0 Å². The fourth-order valence-corrected chi connectivity index (χ4v) is 2.14. The summed E-state index contributed by atoms with van der Waals surface area (Å²) in [6, 6.07) is 20.6. The minimum Gasteiger partial charge on any atom is -0.438 e. The van der Waals surface area contributed by atoms with Crippen LogP contribution in [0.25, 0.3) is 0 Å². The number of non-ortho nitro benzene ring substituents is 1. The van der Waals surface area contributed by atoms with Gasteiger partial charge in [-0.15, -0.1) is 0 Å². The maximum Gasteiger partial charge on any atom is 0.269 e. The fourth-order valence-electron chi connectivity index (χ4n) is 2.14. The van der Waals surface area contributed by atoms with Crippen LogP contribution < -0.4 is 4.74 Å². The molecule has 0 unspecified atom stereocenters. The highest BCUT2D eigenvalue weighted by molar-refractivity contribution is 5.97. The van der Waals surface area contributed by atoms with Gasteiger partial charge in [-0.2, -0.15) is 0 Å². The lowest BCUT2D eigenvalue weighted by Gasteiger charge is -2.09. The van der Waals surface area contributed by atoms with Gasteiger partial charge in [0, 0.05) is 17.7 Å². The SMILES string of the molecule is O=[N+]([O-])c1ccc(OC(=Nc2cccc(F)c2)c2ccccc2)cc1. The second-order valence-electron chi connectivity index (χ2n) is 5.12. The molecular formula is C19H13FN2O3. The van der Waals surface area contributed by atoms with Gasteiger partial charge in [0.25, 0.3) is 5.69 Å². The highest BCUT2D eigenvalue weighted by Gasteiger charge is 2.10. The lowest BCUT2D eigenvalue weighted by atomic mass is 10.2. The molecule has 0 aliphatic rings. The number of aliphatic imine (C=N–C) groups is 1. The number of hydrogen-bond donors (Lipinski definition) is 0. The first-order chi connectivity index (χ1) is 12.1. The standard InChI is InChI=1S/C19H13FN2O3/c20-15-7-4-8-16(13-15)21-19(14-5-2-1-3-6-14)25-18-11-9-17(10-12-18)22(23)24/h1-13H. The minimum atomic E-state index is -0.483. The molecule has 3 rings (SSSR count). The van der Waals surface area contributed by atoms with Gasteiger partial charge in [-0.3, -0.25) is 10.1 Å². The third-order valence-corrected chi connectivity index (χ3v) is 3.32. The van der Waals surface area contributed by atoms with Gasteiger partial charge in [-0.25, -0.2) is 9.38 Å². The smallest absolute Gasteiger partial charge is 0.269 e. The first-order valence-corrected chi connectivity index (χ1v) is 7.44. The van der Waals surface area contributed by atoms with Crippen molar-refractivity contribution in [2.24, 2.45) is 4.99 Å². The summed E-state index contributed by atoms with van der Waals surface area (Å²) in [7, 11) is 0. The lowest BCUT2D eigenvalue weighted by Crippen LogP contribution is -2.10. The molecule has 0 heterocycles. The molecule has 0 amide bonds. The van der Waals surface area contributed by atoms with Crippen LogP contribution >= 0.6 is 0 Å². The van der Waals surface area contributed by atoms with E-state index in [9.17, 15) is 14.5 Å². The summed E-state index contributed by atoms with van der Waals surface area (Å²) < 4.78 is 19.2. The minimum absolute atomic E-state index is 0.0318. The van der Waals surface area contributed by atoms with Crippen molar-refractivity contribution >= 4 is 17.3 Å². The summed E-state index contributed by atoms with van der Waals surface area (Å²) in [4.78, 5) is 14.6. The Bertz CT molecular complexity index is 909. The van der Waals surface area contributed by atoms with Gasteiger partial charge < -0.3 is 4.74 Å². The average molecular weight is 336 g/mol. The highest BCUT2D eigenvalue weighted by atomic mass is 19.1. The maximum atomic E-state index is 13.4. The van der Waals surface area contributed by atoms with Crippen LogP contribution in [0, 0.1) is 15.9 Å². The first-order valence-electron chi connectivity index (χ1n) is 7.44. The van der Waals surface area contributed by atoms with E-state index in [2.05, 4.69) is 4.99 Å². The molecule has 0 spiro atoms. The van der Waals surface area contributed by atoms with Crippen molar-refractivity contribution in [1.82, 2.24) is 0 Å². The van der Waals surface area contributed by atoms with Crippen molar-refractivity contribution in [3.8, 4) is 5.75 Å². The van der Waals surface area contributed by atoms with Crippen molar-refractivity contribution in [3.63, 3.8) is 0 Å². The summed E-state index contributed by atoms with van der Waals surface area (Å²) in [5, 5.41) is 10.7. The molecule has 0 fully saturated rings. The van der Waals surface area contributed by atoms with Gasteiger partial charge in [0.15, 0.2) is 0 Å². The van der Waals surface area contributed by atoms with Gasteiger partial charge >= 0.3 is 0 Å². The predicted octanol–water partition coefficient (Wildman–Crippen LogP) is 4.89. The van der Waals surface area contributed by atoms with Crippen LogP contribution in [0.1, 0.15) is 5.56 Å². The van der Waals surface area contributed by atoms with E-state index in [1.54, 1.807) is 12.1 Å². The molecule has 0 saturated carbocycles. The van der Waals surface area contributed by atoms with Crippen molar-refractivity contribution in [3.05, 3.63) is 100 Å². The van der Waals surface area contributed by atoms with Crippen LogP contribution in [-0.4, -0.2) is 10.8 Å². The summed E-state index contributed by atoms with van der Waals surface area (Å²) in [5.41, 5.74) is 1.07. The Hall–Kier alpha value is -3.54. The van der Waals surface area contributed by atoms with Crippen LogP contribution in [0.5, 0.6) is 5.75 Å². The summed E-state index contributed by atoms with van der Waals surface area (Å²) in [5.74, 6) is 0.258. The molecule has 0 aliphatic carbocycles. The maximum absolute atomic E-state index is 13.4. The van der Waals surface area contributed by atoms with E-state index in [1.165, 1.54) is 36.4 Å². The average Bonchev–Trinajstić information content (AvgIpc) is 2.62. The quantitative estimate of drug-likeness (QED) is 0.295. The third-order valence-electron chi connectivity index (χ3n) is 3.32. The highest BCUT2D eigenvalue weighted by Crippen LogP contribution is 2.21. The van der Waals surface area contributed by atoms with Crippen LogP contribution in [0.3, 0.4) is 0 Å². The largest absolute Gasteiger partial charge is 0.438 e. The third kappa shape index (κ3) is 4.26. The molecule has 3 aromatic carbocycles. The number of nitro benzene ring substituents is 1. The topological polar surface area (TPSA) is 64.7 Å². The Labute approximate surface area is 143 Å². The Kier molecular flexibility index (Phi) is 4.80. The number of nitro groups is 1. The molecule has 0 N–H and O–H groups in total. The van der Waals surface area contributed by atoms with Gasteiger partial charge in [0.2, 0.25) is 5.90 Å². The number of benzene rings is 3. The van der Waals surface area contributed by atoms with Crippen LogP contribution in [0.4, 0.5) is 15.8 Å².